The highest BCUT2D eigenvalue weighted by molar-refractivity contribution is 7.10. The van der Waals surface area contributed by atoms with Gasteiger partial charge in [-0.15, -0.1) is 11.3 Å². The van der Waals surface area contributed by atoms with E-state index in [2.05, 4.69) is 5.32 Å². The van der Waals surface area contributed by atoms with Gasteiger partial charge in [-0.1, -0.05) is 50.2 Å². The lowest BCUT2D eigenvalue weighted by atomic mass is 10.1. The van der Waals surface area contributed by atoms with Gasteiger partial charge in [0.25, 0.3) is 5.91 Å². The van der Waals surface area contributed by atoms with Gasteiger partial charge in [-0.25, -0.2) is 0 Å². The van der Waals surface area contributed by atoms with Gasteiger partial charge in [-0.05, 0) is 29.3 Å². The Morgan fingerprint density at radius 1 is 1.12 bits per heavy atom. The maximum absolute atomic E-state index is 12.2. The fourth-order valence-corrected chi connectivity index (χ4v) is 3.05. The van der Waals surface area contributed by atoms with E-state index in [1.807, 2.05) is 61.7 Å². The Hall–Kier alpha value is -2.14. The maximum atomic E-state index is 12.2. The number of ether oxygens (including phenoxy) is 1. The molecule has 1 aromatic carbocycles. The van der Waals surface area contributed by atoms with Crippen LogP contribution in [0.2, 0.25) is 0 Å². The molecule has 1 heterocycles. The first-order valence-electron chi connectivity index (χ1n) is 8.09. The number of thiophene rings is 1. The minimum absolute atomic E-state index is 0.229. The van der Waals surface area contributed by atoms with Gasteiger partial charge in [0, 0.05) is 11.3 Å². The number of esters is 1. The molecule has 2 aromatic rings. The normalized spacial score (nSPS) is 12.0. The fraction of sp³-hybridized carbons (Fsp3) is 0.368. The Morgan fingerprint density at radius 3 is 2.50 bits per heavy atom. The third-order valence-corrected chi connectivity index (χ3v) is 4.49. The van der Waals surface area contributed by atoms with Crippen LogP contribution in [0.5, 0.6) is 0 Å². The van der Waals surface area contributed by atoms with Crippen LogP contribution in [0.25, 0.3) is 0 Å². The van der Waals surface area contributed by atoms with E-state index < -0.39 is 0 Å². The van der Waals surface area contributed by atoms with Crippen molar-refractivity contribution in [2.75, 3.05) is 6.61 Å². The summed E-state index contributed by atoms with van der Waals surface area (Å²) in [5.41, 5.74) is 0.999. The standard InChI is InChI=1S/C19H23NO3S/c1-14(2)10-11-18(22)23-13-17(21)20-19(16-9-6-12-24-16)15-7-4-3-5-8-15/h3-9,12,14,19H,10-11,13H2,1-2H3,(H,20,21). The molecule has 1 N–H and O–H groups in total. The molecule has 128 valence electrons. The molecular formula is C19H23NO3S. The second-order valence-corrected chi connectivity index (χ2v) is 7.00. The molecule has 0 aliphatic rings. The molecule has 1 atom stereocenters. The highest BCUT2D eigenvalue weighted by atomic mass is 32.1. The van der Waals surface area contributed by atoms with Gasteiger partial charge in [-0.3, -0.25) is 9.59 Å². The predicted molar refractivity (Wildman–Crippen MR) is 95.8 cm³/mol. The van der Waals surface area contributed by atoms with Gasteiger partial charge < -0.3 is 10.1 Å². The lowest BCUT2D eigenvalue weighted by molar-refractivity contribution is -0.148. The summed E-state index contributed by atoms with van der Waals surface area (Å²) in [4.78, 5) is 24.9. The van der Waals surface area contributed by atoms with Crippen LogP contribution < -0.4 is 5.32 Å². The Kier molecular flexibility index (Phi) is 7.00. The van der Waals surface area contributed by atoms with E-state index in [1.165, 1.54) is 0 Å². The Morgan fingerprint density at radius 2 is 1.88 bits per heavy atom. The van der Waals surface area contributed by atoms with Gasteiger partial charge in [0.1, 0.15) is 0 Å². The summed E-state index contributed by atoms with van der Waals surface area (Å²) in [6.45, 7) is 3.85. The Labute approximate surface area is 146 Å². The van der Waals surface area contributed by atoms with Crippen LogP contribution in [0.4, 0.5) is 0 Å². The summed E-state index contributed by atoms with van der Waals surface area (Å²) in [5.74, 6) is -0.186. The van der Waals surface area contributed by atoms with E-state index in [0.29, 0.717) is 12.3 Å². The zero-order valence-electron chi connectivity index (χ0n) is 14.0. The number of hydrogen-bond donors (Lipinski definition) is 1. The summed E-state index contributed by atoms with van der Waals surface area (Å²) >= 11 is 1.58. The van der Waals surface area contributed by atoms with E-state index in [0.717, 1.165) is 16.9 Å². The molecule has 0 saturated carbocycles. The minimum atomic E-state index is -0.328. The van der Waals surface area contributed by atoms with Crippen molar-refractivity contribution >= 4 is 23.2 Å². The van der Waals surface area contributed by atoms with E-state index in [-0.39, 0.29) is 24.5 Å². The van der Waals surface area contributed by atoms with E-state index in [1.54, 1.807) is 11.3 Å². The number of amides is 1. The molecule has 4 nitrogen and oxygen atoms in total. The van der Waals surface area contributed by atoms with E-state index in [9.17, 15) is 9.59 Å². The molecule has 1 unspecified atom stereocenters. The molecule has 2 rings (SSSR count). The monoisotopic (exact) mass is 345 g/mol. The fourth-order valence-electron chi connectivity index (χ4n) is 2.25. The molecule has 0 aliphatic heterocycles. The lowest BCUT2D eigenvalue weighted by Crippen LogP contribution is -2.32. The Balaban J connectivity index is 1.93. The highest BCUT2D eigenvalue weighted by Gasteiger charge is 2.18. The molecular weight excluding hydrogens is 322 g/mol. The maximum Gasteiger partial charge on any atom is 0.306 e. The number of benzene rings is 1. The minimum Gasteiger partial charge on any atom is -0.456 e. The van der Waals surface area contributed by atoms with Crippen molar-refractivity contribution < 1.29 is 14.3 Å². The van der Waals surface area contributed by atoms with Gasteiger partial charge in [0.05, 0.1) is 6.04 Å². The predicted octanol–water partition coefficient (Wildman–Crippen LogP) is 3.93. The van der Waals surface area contributed by atoms with E-state index >= 15 is 0 Å². The topological polar surface area (TPSA) is 55.4 Å². The number of rotatable bonds is 8. The van der Waals surface area contributed by atoms with Crippen LogP contribution in [-0.4, -0.2) is 18.5 Å². The zero-order valence-corrected chi connectivity index (χ0v) is 14.8. The summed E-state index contributed by atoms with van der Waals surface area (Å²) in [6.07, 6.45) is 1.11. The number of carbonyl (C=O) groups is 2. The van der Waals surface area contributed by atoms with Gasteiger partial charge in [-0.2, -0.15) is 0 Å². The second kappa shape index (κ2) is 9.23. The molecule has 1 aromatic heterocycles. The van der Waals surface area contributed by atoms with Crippen LogP contribution in [0.3, 0.4) is 0 Å². The second-order valence-electron chi connectivity index (χ2n) is 6.02. The first kappa shape index (κ1) is 18.2. The van der Waals surface area contributed by atoms with Gasteiger partial charge >= 0.3 is 5.97 Å². The molecule has 0 aliphatic carbocycles. The van der Waals surface area contributed by atoms with Crippen molar-refractivity contribution in [2.45, 2.75) is 32.7 Å². The molecule has 1 amide bonds. The van der Waals surface area contributed by atoms with Crippen molar-refractivity contribution in [3.8, 4) is 0 Å². The SMILES string of the molecule is CC(C)CCC(=O)OCC(=O)NC(c1ccccc1)c1cccs1. The Bertz CT molecular complexity index is 638. The molecule has 0 bridgehead atoms. The molecule has 5 heteroatoms. The largest absolute Gasteiger partial charge is 0.456 e. The zero-order chi connectivity index (χ0) is 17.4. The number of nitrogens with one attached hydrogen (secondary N) is 1. The summed E-state index contributed by atoms with van der Waals surface area (Å²) < 4.78 is 5.06. The summed E-state index contributed by atoms with van der Waals surface area (Å²) in [6, 6.07) is 13.5. The van der Waals surface area contributed by atoms with Crippen molar-refractivity contribution in [3.05, 3.63) is 58.3 Å². The highest BCUT2D eigenvalue weighted by Crippen LogP contribution is 2.25. The first-order valence-corrected chi connectivity index (χ1v) is 8.97. The van der Waals surface area contributed by atoms with Crippen LogP contribution in [0, 0.1) is 5.92 Å². The average Bonchev–Trinajstić information content (AvgIpc) is 3.11. The molecule has 0 spiro atoms. The molecule has 0 radical (unpaired) electrons. The third-order valence-electron chi connectivity index (χ3n) is 3.56. The van der Waals surface area contributed by atoms with E-state index in [4.69, 9.17) is 4.74 Å². The van der Waals surface area contributed by atoms with Crippen molar-refractivity contribution in [1.29, 1.82) is 0 Å². The lowest BCUT2D eigenvalue weighted by Gasteiger charge is -2.18. The molecule has 24 heavy (non-hydrogen) atoms. The number of hydrogen-bond acceptors (Lipinski definition) is 4. The summed E-state index contributed by atoms with van der Waals surface area (Å²) in [7, 11) is 0. The smallest absolute Gasteiger partial charge is 0.306 e. The van der Waals surface area contributed by atoms with Crippen LogP contribution in [-0.2, 0) is 14.3 Å². The van der Waals surface area contributed by atoms with Crippen LogP contribution in [0.1, 0.15) is 43.2 Å². The van der Waals surface area contributed by atoms with Crippen LogP contribution >= 0.6 is 11.3 Å². The molecule has 0 fully saturated rings. The van der Waals surface area contributed by atoms with Crippen molar-refractivity contribution in [3.63, 3.8) is 0 Å². The molecule has 0 saturated heterocycles. The third kappa shape index (κ3) is 5.81. The van der Waals surface area contributed by atoms with Crippen molar-refractivity contribution in [2.24, 2.45) is 5.92 Å². The summed E-state index contributed by atoms with van der Waals surface area (Å²) in [5, 5.41) is 4.93. The van der Waals surface area contributed by atoms with Crippen molar-refractivity contribution in [1.82, 2.24) is 5.32 Å². The number of carbonyl (C=O) groups excluding carboxylic acids is 2. The quantitative estimate of drug-likeness (QED) is 0.738. The average molecular weight is 345 g/mol. The first-order chi connectivity index (χ1) is 11.6. The van der Waals surface area contributed by atoms with Gasteiger partial charge in [0.2, 0.25) is 0 Å². The van der Waals surface area contributed by atoms with Crippen LogP contribution in [0.15, 0.2) is 47.8 Å². The van der Waals surface area contributed by atoms with Gasteiger partial charge in [0.15, 0.2) is 6.61 Å².